The smallest absolute Gasteiger partial charge is 0.292 e. The number of benzene rings is 1. The number of imidazole rings is 1. The number of aromatic nitrogens is 2. The Hall–Kier alpha value is -1.77. The predicted octanol–water partition coefficient (Wildman–Crippen LogP) is 3.48. The fraction of sp³-hybridized carbons (Fsp3) is 0.400. The molecule has 0 spiro atoms. The number of unbranched alkanes of at least 4 members (excludes halogenated alkanes) is 2. The number of allylic oxidation sites excluding steroid dienone is 1. The van der Waals surface area contributed by atoms with E-state index in [1.54, 1.807) is 9.13 Å². The molecule has 0 bridgehead atoms. The fourth-order valence-corrected chi connectivity index (χ4v) is 2.18. The zero-order valence-corrected chi connectivity index (χ0v) is 11.1. The van der Waals surface area contributed by atoms with Crippen LogP contribution < -0.4 is 5.69 Å². The van der Waals surface area contributed by atoms with Crippen molar-refractivity contribution in [2.45, 2.75) is 39.7 Å². The van der Waals surface area contributed by atoms with Gasteiger partial charge in [0.05, 0.1) is 11.0 Å². The van der Waals surface area contributed by atoms with Crippen LogP contribution in [-0.4, -0.2) is 9.13 Å². The van der Waals surface area contributed by atoms with Crippen LogP contribution in [0, 0.1) is 0 Å². The minimum atomic E-state index is 0.0476. The molecule has 0 aliphatic heterocycles. The molecule has 0 saturated carbocycles. The molecule has 0 aliphatic rings. The first-order valence-electron chi connectivity index (χ1n) is 6.66. The summed E-state index contributed by atoms with van der Waals surface area (Å²) in [5, 5.41) is 0. The zero-order chi connectivity index (χ0) is 13.0. The van der Waals surface area contributed by atoms with Crippen LogP contribution in [0.2, 0.25) is 0 Å². The normalized spacial score (nSPS) is 11.7. The summed E-state index contributed by atoms with van der Waals surface area (Å²) >= 11 is 0. The Labute approximate surface area is 107 Å². The monoisotopic (exact) mass is 244 g/mol. The highest BCUT2D eigenvalue weighted by atomic mass is 16.1. The summed E-state index contributed by atoms with van der Waals surface area (Å²) in [5.41, 5.74) is 2.04. The Balaban J connectivity index is 2.47. The fourth-order valence-electron chi connectivity index (χ4n) is 2.18. The van der Waals surface area contributed by atoms with Gasteiger partial charge in [0.15, 0.2) is 0 Å². The lowest BCUT2D eigenvalue weighted by atomic mass is 10.2. The average Bonchev–Trinajstić information content (AvgIpc) is 2.67. The molecule has 2 aromatic rings. The van der Waals surface area contributed by atoms with Gasteiger partial charge in [-0.15, -0.1) is 0 Å². The van der Waals surface area contributed by atoms with Gasteiger partial charge in [0.1, 0.15) is 0 Å². The van der Waals surface area contributed by atoms with Crippen LogP contribution in [-0.2, 0) is 6.54 Å². The molecule has 18 heavy (non-hydrogen) atoms. The van der Waals surface area contributed by atoms with E-state index in [2.05, 4.69) is 13.0 Å². The molecular weight excluding hydrogens is 224 g/mol. The van der Waals surface area contributed by atoms with E-state index in [0.717, 1.165) is 23.9 Å². The van der Waals surface area contributed by atoms with E-state index in [-0.39, 0.29) is 5.69 Å². The molecule has 1 aromatic heterocycles. The molecule has 0 atom stereocenters. The maximum atomic E-state index is 12.3. The van der Waals surface area contributed by atoms with Gasteiger partial charge in [0, 0.05) is 12.7 Å². The average molecular weight is 244 g/mol. The van der Waals surface area contributed by atoms with Gasteiger partial charge in [-0.25, -0.2) is 4.79 Å². The maximum absolute atomic E-state index is 12.3. The van der Waals surface area contributed by atoms with Crippen molar-refractivity contribution in [2.75, 3.05) is 0 Å². The number of hydrogen-bond acceptors (Lipinski definition) is 1. The van der Waals surface area contributed by atoms with Crippen LogP contribution in [0.1, 0.15) is 33.1 Å². The molecule has 0 amide bonds. The first-order valence-corrected chi connectivity index (χ1v) is 6.66. The summed E-state index contributed by atoms with van der Waals surface area (Å²) in [7, 11) is 0. The predicted molar refractivity (Wildman–Crippen MR) is 76.7 cm³/mol. The van der Waals surface area contributed by atoms with Gasteiger partial charge in [0.2, 0.25) is 0 Å². The summed E-state index contributed by atoms with van der Waals surface area (Å²) in [4.78, 5) is 12.3. The van der Waals surface area contributed by atoms with E-state index >= 15 is 0 Å². The Morgan fingerprint density at radius 1 is 1.17 bits per heavy atom. The molecule has 0 aliphatic carbocycles. The molecule has 0 N–H and O–H groups in total. The number of hydrogen-bond donors (Lipinski definition) is 0. The minimum Gasteiger partial charge on any atom is -0.292 e. The topological polar surface area (TPSA) is 26.9 Å². The van der Waals surface area contributed by atoms with Crippen LogP contribution >= 0.6 is 0 Å². The molecule has 0 unspecified atom stereocenters. The Bertz CT molecular complexity index is 604. The molecular formula is C15H20N2O. The van der Waals surface area contributed by atoms with Crippen molar-refractivity contribution in [2.24, 2.45) is 0 Å². The molecule has 1 aromatic carbocycles. The maximum Gasteiger partial charge on any atom is 0.333 e. The van der Waals surface area contributed by atoms with Gasteiger partial charge in [0.25, 0.3) is 0 Å². The number of para-hydroxylation sites is 2. The Kier molecular flexibility index (Phi) is 4.03. The highest BCUT2D eigenvalue weighted by Gasteiger charge is 2.08. The second-order valence-corrected chi connectivity index (χ2v) is 4.41. The Morgan fingerprint density at radius 3 is 2.56 bits per heavy atom. The number of rotatable bonds is 5. The van der Waals surface area contributed by atoms with Crippen molar-refractivity contribution in [3.63, 3.8) is 0 Å². The van der Waals surface area contributed by atoms with Gasteiger partial charge in [-0.1, -0.05) is 38.0 Å². The first kappa shape index (κ1) is 12.7. The second kappa shape index (κ2) is 5.71. The number of aryl methyl sites for hydroxylation is 1. The van der Waals surface area contributed by atoms with E-state index in [4.69, 9.17) is 0 Å². The van der Waals surface area contributed by atoms with E-state index in [9.17, 15) is 4.79 Å². The largest absolute Gasteiger partial charge is 0.333 e. The minimum absolute atomic E-state index is 0.0476. The third-order valence-electron chi connectivity index (χ3n) is 3.16. The molecule has 0 fully saturated rings. The van der Waals surface area contributed by atoms with E-state index in [1.165, 1.54) is 6.42 Å². The lowest BCUT2D eigenvalue weighted by molar-refractivity contribution is 0.739. The van der Waals surface area contributed by atoms with Crippen molar-refractivity contribution in [1.82, 2.24) is 9.13 Å². The van der Waals surface area contributed by atoms with Crippen molar-refractivity contribution in [3.05, 3.63) is 40.8 Å². The highest BCUT2D eigenvalue weighted by molar-refractivity contribution is 5.78. The second-order valence-electron chi connectivity index (χ2n) is 4.41. The van der Waals surface area contributed by atoms with Crippen LogP contribution in [0.5, 0.6) is 0 Å². The summed E-state index contributed by atoms with van der Waals surface area (Å²) in [5.74, 6) is 0. The number of nitrogens with zero attached hydrogens (tertiary/aromatic N) is 2. The lowest BCUT2D eigenvalue weighted by Crippen LogP contribution is -2.20. The van der Waals surface area contributed by atoms with Crippen molar-refractivity contribution in [1.29, 1.82) is 0 Å². The quantitative estimate of drug-likeness (QED) is 0.740. The summed E-state index contributed by atoms with van der Waals surface area (Å²) < 4.78 is 3.55. The first-order chi connectivity index (χ1) is 8.79. The van der Waals surface area contributed by atoms with E-state index < -0.39 is 0 Å². The lowest BCUT2D eigenvalue weighted by Gasteiger charge is -1.95. The molecule has 1 heterocycles. The third-order valence-corrected chi connectivity index (χ3v) is 3.16. The molecule has 0 saturated heterocycles. The molecule has 2 rings (SSSR count). The standard InChI is InChI=1S/C15H20N2O/c1-3-5-6-9-12-17-14-11-8-7-10-13(14)16(4-2)15(17)18/h7-12H,3-6H2,1-2H3. The summed E-state index contributed by atoms with van der Waals surface area (Å²) in [6, 6.07) is 7.93. The van der Waals surface area contributed by atoms with Crippen LogP contribution in [0.15, 0.2) is 35.1 Å². The molecule has 3 nitrogen and oxygen atoms in total. The number of fused-ring (bicyclic) bond motifs is 1. The van der Waals surface area contributed by atoms with Crippen molar-refractivity contribution in [3.8, 4) is 0 Å². The van der Waals surface area contributed by atoms with Crippen LogP contribution in [0.3, 0.4) is 0 Å². The van der Waals surface area contributed by atoms with Crippen molar-refractivity contribution >= 4 is 17.2 Å². The third kappa shape index (κ3) is 2.26. The SMILES string of the molecule is CCCCC=Cn1c(=O)n(CC)c2ccccc21. The molecule has 3 heteroatoms. The van der Waals surface area contributed by atoms with Gasteiger partial charge >= 0.3 is 5.69 Å². The van der Waals surface area contributed by atoms with Gasteiger partial charge in [-0.05, 0) is 25.5 Å². The highest BCUT2D eigenvalue weighted by Crippen LogP contribution is 2.13. The van der Waals surface area contributed by atoms with Gasteiger partial charge in [-0.2, -0.15) is 0 Å². The van der Waals surface area contributed by atoms with Crippen LogP contribution in [0.25, 0.3) is 17.2 Å². The van der Waals surface area contributed by atoms with E-state index in [0.29, 0.717) is 6.54 Å². The van der Waals surface area contributed by atoms with Gasteiger partial charge < -0.3 is 0 Å². The molecule has 96 valence electrons. The Morgan fingerprint density at radius 2 is 1.89 bits per heavy atom. The molecule has 0 radical (unpaired) electrons. The van der Waals surface area contributed by atoms with Gasteiger partial charge in [-0.3, -0.25) is 9.13 Å². The van der Waals surface area contributed by atoms with Crippen LogP contribution in [0.4, 0.5) is 0 Å². The summed E-state index contributed by atoms with van der Waals surface area (Å²) in [6.07, 6.45) is 7.35. The van der Waals surface area contributed by atoms with Crippen molar-refractivity contribution < 1.29 is 0 Å². The summed E-state index contributed by atoms with van der Waals surface area (Å²) in [6.45, 7) is 4.87. The zero-order valence-electron chi connectivity index (χ0n) is 11.1. The van der Waals surface area contributed by atoms with E-state index in [1.807, 2.05) is 37.4 Å².